The van der Waals surface area contributed by atoms with Crippen molar-refractivity contribution in [3.8, 4) is 0 Å². The maximum absolute atomic E-state index is 10.2. The quantitative estimate of drug-likeness (QED) is 0.930. The molecule has 114 valence electrons. The molecule has 0 radical (unpaired) electrons. The number of hydrogen-bond donors (Lipinski definition) is 1. The van der Waals surface area contributed by atoms with Crippen molar-refractivity contribution in [3.63, 3.8) is 0 Å². The van der Waals surface area contributed by atoms with Crippen LogP contribution in [0.4, 0.5) is 0 Å². The van der Waals surface area contributed by atoms with Crippen LogP contribution in [0.15, 0.2) is 24.3 Å². The molecule has 1 aliphatic rings. The highest BCUT2D eigenvalue weighted by atomic mass is 16.3. The average molecular weight is 287 g/mol. The monoisotopic (exact) mass is 287 g/mol. The first kappa shape index (κ1) is 14.6. The lowest BCUT2D eigenvalue weighted by atomic mass is 10.2. The third-order valence-electron chi connectivity index (χ3n) is 4.68. The van der Waals surface area contributed by atoms with Crippen molar-refractivity contribution in [3.05, 3.63) is 35.5 Å². The van der Waals surface area contributed by atoms with E-state index in [9.17, 15) is 5.11 Å². The number of rotatable bonds is 3. The summed E-state index contributed by atoms with van der Waals surface area (Å²) in [6.45, 7) is 4.70. The molecule has 21 heavy (non-hydrogen) atoms. The van der Waals surface area contributed by atoms with Crippen molar-refractivity contribution in [2.75, 3.05) is 27.2 Å². The Hall–Kier alpha value is -1.36. The number of aryl methyl sites for hydroxylation is 2. The zero-order valence-electron chi connectivity index (χ0n) is 13.4. The van der Waals surface area contributed by atoms with Crippen molar-refractivity contribution in [2.24, 2.45) is 7.05 Å². The molecule has 1 N–H and O–H groups in total. The molecule has 2 atom stereocenters. The molecule has 1 saturated heterocycles. The SMILES string of the molecule is Cc1ccc2c(c1)cc(CN1C[C@H](O)[C@@H](N(C)C)C1)n2C. The van der Waals surface area contributed by atoms with Gasteiger partial charge >= 0.3 is 0 Å². The summed E-state index contributed by atoms with van der Waals surface area (Å²) in [6.07, 6.45) is -0.253. The highest BCUT2D eigenvalue weighted by Crippen LogP contribution is 2.23. The van der Waals surface area contributed by atoms with Gasteiger partial charge in [0, 0.05) is 49.3 Å². The number of benzene rings is 1. The fraction of sp³-hybridized carbons (Fsp3) is 0.529. The second-order valence-electron chi connectivity index (χ2n) is 6.55. The second kappa shape index (κ2) is 5.44. The number of likely N-dealkylation sites (N-methyl/N-ethyl adjacent to an activating group) is 1. The Labute approximate surface area is 126 Å². The van der Waals surface area contributed by atoms with E-state index in [2.05, 4.69) is 52.6 Å². The summed E-state index contributed by atoms with van der Waals surface area (Å²) in [5.74, 6) is 0. The van der Waals surface area contributed by atoms with Gasteiger partial charge in [-0.15, -0.1) is 0 Å². The number of β-amino-alcohol motifs (C(OH)–C–C–N with tert-alkyl or cyclic N) is 1. The molecule has 0 bridgehead atoms. The molecule has 0 spiro atoms. The number of likely N-dealkylation sites (tertiary alicyclic amines) is 1. The van der Waals surface area contributed by atoms with Crippen molar-refractivity contribution in [1.82, 2.24) is 14.4 Å². The van der Waals surface area contributed by atoms with Gasteiger partial charge in [-0.05, 0) is 39.2 Å². The van der Waals surface area contributed by atoms with E-state index in [1.807, 2.05) is 14.1 Å². The molecular weight excluding hydrogens is 262 g/mol. The van der Waals surface area contributed by atoms with Gasteiger partial charge in [-0.1, -0.05) is 11.6 Å². The van der Waals surface area contributed by atoms with Crippen LogP contribution in [0.2, 0.25) is 0 Å². The summed E-state index contributed by atoms with van der Waals surface area (Å²) in [4.78, 5) is 4.46. The molecule has 3 rings (SSSR count). The van der Waals surface area contributed by atoms with Gasteiger partial charge in [-0.2, -0.15) is 0 Å². The number of hydrogen-bond acceptors (Lipinski definition) is 3. The van der Waals surface area contributed by atoms with Crippen LogP contribution >= 0.6 is 0 Å². The number of aromatic nitrogens is 1. The van der Waals surface area contributed by atoms with E-state index in [0.717, 1.165) is 19.6 Å². The van der Waals surface area contributed by atoms with E-state index in [0.29, 0.717) is 0 Å². The van der Waals surface area contributed by atoms with Gasteiger partial charge in [0.2, 0.25) is 0 Å². The minimum atomic E-state index is -0.253. The molecule has 1 aromatic heterocycles. The lowest BCUT2D eigenvalue weighted by molar-refractivity contribution is 0.112. The van der Waals surface area contributed by atoms with Gasteiger partial charge < -0.3 is 14.6 Å². The van der Waals surface area contributed by atoms with E-state index >= 15 is 0 Å². The smallest absolute Gasteiger partial charge is 0.0834 e. The van der Waals surface area contributed by atoms with Crippen molar-refractivity contribution >= 4 is 10.9 Å². The van der Waals surface area contributed by atoms with Crippen LogP contribution in [0.1, 0.15) is 11.3 Å². The molecule has 2 aromatic rings. The standard InChI is InChI=1S/C17H25N3O/c1-12-5-6-15-13(7-12)8-14(19(15)4)9-20-10-16(18(2)3)17(21)11-20/h5-8,16-17,21H,9-11H2,1-4H3/t16-,17-/m0/s1. The predicted molar refractivity (Wildman–Crippen MR) is 86.4 cm³/mol. The second-order valence-corrected chi connectivity index (χ2v) is 6.55. The van der Waals surface area contributed by atoms with E-state index in [1.165, 1.54) is 22.2 Å². The number of aliphatic hydroxyl groups excluding tert-OH is 1. The third-order valence-corrected chi connectivity index (χ3v) is 4.68. The fourth-order valence-corrected chi connectivity index (χ4v) is 3.39. The van der Waals surface area contributed by atoms with Gasteiger partial charge in [0.25, 0.3) is 0 Å². The maximum atomic E-state index is 10.2. The molecule has 0 unspecified atom stereocenters. The minimum absolute atomic E-state index is 0.238. The Kier molecular flexibility index (Phi) is 3.78. The van der Waals surface area contributed by atoms with E-state index in [1.54, 1.807) is 0 Å². The highest BCUT2D eigenvalue weighted by Gasteiger charge is 2.32. The molecule has 1 aliphatic heterocycles. The highest BCUT2D eigenvalue weighted by molar-refractivity contribution is 5.82. The van der Waals surface area contributed by atoms with Crippen LogP contribution in [-0.4, -0.2) is 58.8 Å². The third kappa shape index (κ3) is 2.71. The predicted octanol–water partition coefficient (Wildman–Crippen LogP) is 1.59. The largest absolute Gasteiger partial charge is 0.390 e. The molecule has 4 heteroatoms. The first-order valence-corrected chi connectivity index (χ1v) is 7.57. The molecule has 1 fully saturated rings. The van der Waals surface area contributed by atoms with Gasteiger partial charge in [0.05, 0.1) is 6.10 Å². The van der Waals surface area contributed by atoms with E-state index in [-0.39, 0.29) is 12.1 Å². The van der Waals surface area contributed by atoms with Crippen LogP contribution < -0.4 is 0 Å². The normalized spacial score (nSPS) is 23.5. The summed E-state index contributed by atoms with van der Waals surface area (Å²) in [5, 5.41) is 11.5. The van der Waals surface area contributed by atoms with Crippen LogP contribution in [0.5, 0.6) is 0 Å². The van der Waals surface area contributed by atoms with Gasteiger partial charge in [-0.3, -0.25) is 4.90 Å². The van der Waals surface area contributed by atoms with Crippen molar-refractivity contribution in [2.45, 2.75) is 25.6 Å². The lowest BCUT2D eigenvalue weighted by Crippen LogP contribution is -2.37. The summed E-state index contributed by atoms with van der Waals surface area (Å²) in [5.41, 5.74) is 3.88. The summed E-state index contributed by atoms with van der Waals surface area (Å²) in [7, 11) is 6.21. The van der Waals surface area contributed by atoms with Crippen LogP contribution in [-0.2, 0) is 13.6 Å². The van der Waals surface area contributed by atoms with E-state index in [4.69, 9.17) is 0 Å². The summed E-state index contributed by atoms with van der Waals surface area (Å²) in [6, 6.07) is 9.10. The summed E-state index contributed by atoms with van der Waals surface area (Å²) >= 11 is 0. The Morgan fingerprint density at radius 1 is 1.24 bits per heavy atom. The topological polar surface area (TPSA) is 31.6 Å². The fourth-order valence-electron chi connectivity index (χ4n) is 3.39. The van der Waals surface area contributed by atoms with Crippen LogP contribution in [0.25, 0.3) is 10.9 Å². The molecule has 2 heterocycles. The Morgan fingerprint density at radius 2 is 2.00 bits per heavy atom. The van der Waals surface area contributed by atoms with Gasteiger partial charge in [0.15, 0.2) is 0 Å². The molecule has 1 aromatic carbocycles. The first-order chi connectivity index (χ1) is 9.95. The molecule has 0 aliphatic carbocycles. The Morgan fingerprint density at radius 3 is 2.67 bits per heavy atom. The van der Waals surface area contributed by atoms with Crippen molar-refractivity contribution in [1.29, 1.82) is 0 Å². The molecule has 4 nitrogen and oxygen atoms in total. The van der Waals surface area contributed by atoms with Crippen LogP contribution in [0.3, 0.4) is 0 Å². The lowest BCUT2D eigenvalue weighted by Gasteiger charge is -2.21. The van der Waals surface area contributed by atoms with E-state index < -0.39 is 0 Å². The summed E-state index contributed by atoms with van der Waals surface area (Å²) < 4.78 is 2.27. The first-order valence-electron chi connectivity index (χ1n) is 7.57. The van der Waals surface area contributed by atoms with Crippen LogP contribution in [0, 0.1) is 6.92 Å². The average Bonchev–Trinajstić information content (AvgIpc) is 2.91. The minimum Gasteiger partial charge on any atom is -0.390 e. The van der Waals surface area contributed by atoms with Gasteiger partial charge in [0.1, 0.15) is 0 Å². The zero-order valence-corrected chi connectivity index (χ0v) is 13.4. The Balaban J connectivity index is 1.81. The molecule has 0 saturated carbocycles. The molecular formula is C17H25N3O. The number of nitrogens with zero attached hydrogens (tertiary/aromatic N) is 3. The van der Waals surface area contributed by atoms with Crippen molar-refractivity contribution < 1.29 is 5.11 Å². The number of fused-ring (bicyclic) bond motifs is 1. The number of aliphatic hydroxyl groups is 1. The maximum Gasteiger partial charge on any atom is 0.0834 e. The van der Waals surface area contributed by atoms with Gasteiger partial charge in [-0.25, -0.2) is 0 Å². The molecule has 0 amide bonds. The zero-order chi connectivity index (χ0) is 15.1. The Bertz CT molecular complexity index is 647.